The molecule has 1 unspecified atom stereocenters. The van der Waals surface area contributed by atoms with E-state index in [-0.39, 0.29) is 5.82 Å². The fourth-order valence-electron chi connectivity index (χ4n) is 2.60. The van der Waals surface area contributed by atoms with Gasteiger partial charge in [0.2, 0.25) is 0 Å². The number of halogens is 2. The van der Waals surface area contributed by atoms with Gasteiger partial charge in [0, 0.05) is 17.1 Å². The van der Waals surface area contributed by atoms with Crippen molar-refractivity contribution in [3.63, 3.8) is 0 Å². The van der Waals surface area contributed by atoms with E-state index >= 15 is 0 Å². The molecular weight excluding hydrogens is 281 g/mol. The van der Waals surface area contributed by atoms with Crippen molar-refractivity contribution in [3.8, 4) is 0 Å². The van der Waals surface area contributed by atoms with Crippen molar-refractivity contribution in [1.29, 1.82) is 0 Å². The van der Waals surface area contributed by atoms with Crippen LogP contribution in [0, 0.1) is 11.2 Å². The topological polar surface area (TPSA) is 12.0 Å². The van der Waals surface area contributed by atoms with E-state index in [9.17, 15) is 4.39 Å². The van der Waals surface area contributed by atoms with E-state index in [4.69, 9.17) is 0 Å². The third-order valence-electron chi connectivity index (χ3n) is 3.81. The average Bonchev–Trinajstić information content (AvgIpc) is 2.57. The van der Waals surface area contributed by atoms with Gasteiger partial charge in [-0.05, 0) is 36.0 Å². The molecule has 0 radical (unpaired) electrons. The first-order chi connectivity index (χ1) is 7.99. The second-order valence-corrected chi connectivity index (χ2v) is 6.40. The van der Waals surface area contributed by atoms with Gasteiger partial charge >= 0.3 is 0 Å². The lowest BCUT2D eigenvalue weighted by atomic mass is 9.87. The standard InChI is InChI=1S/C14H19BrFN/c1-14(2)7-3-4-13(14)17-9-10-5-6-11(16)8-12(10)15/h5-6,8,13,17H,3-4,7,9H2,1-2H3. The van der Waals surface area contributed by atoms with Gasteiger partial charge in [-0.1, -0.05) is 42.3 Å². The molecule has 1 fully saturated rings. The zero-order valence-electron chi connectivity index (χ0n) is 10.4. The molecule has 0 spiro atoms. The highest BCUT2D eigenvalue weighted by molar-refractivity contribution is 9.10. The van der Waals surface area contributed by atoms with Crippen molar-refractivity contribution in [1.82, 2.24) is 5.32 Å². The maximum absolute atomic E-state index is 13.0. The molecule has 2 rings (SSSR count). The van der Waals surface area contributed by atoms with Crippen LogP contribution in [0.25, 0.3) is 0 Å². The van der Waals surface area contributed by atoms with E-state index in [0.29, 0.717) is 11.5 Å². The molecule has 3 heteroatoms. The van der Waals surface area contributed by atoms with Crippen molar-refractivity contribution in [2.24, 2.45) is 5.41 Å². The van der Waals surface area contributed by atoms with Gasteiger partial charge in [0.1, 0.15) is 5.82 Å². The Balaban J connectivity index is 1.98. The molecule has 1 atom stereocenters. The molecule has 1 aliphatic carbocycles. The highest BCUT2D eigenvalue weighted by Gasteiger charge is 2.33. The molecule has 17 heavy (non-hydrogen) atoms. The van der Waals surface area contributed by atoms with Crippen LogP contribution in [0.5, 0.6) is 0 Å². The van der Waals surface area contributed by atoms with Gasteiger partial charge < -0.3 is 5.32 Å². The van der Waals surface area contributed by atoms with Crippen LogP contribution in [0.4, 0.5) is 4.39 Å². The second-order valence-electron chi connectivity index (χ2n) is 5.55. The van der Waals surface area contributed by atoms with Crippen molar-refractivity contribution in [3.05, 3.63) is 34.1 Å². The Morgan fingerprint density at radius 2 is 2.24 bits per heavy atom. The number of hydrogen-bond acceptors (Lipinski definition) is 1. The first kappa shape index (κ1) is 13.0. The number of rotatable bonds is 3. The largest absolute Gasteiger partial charge is 0.309 e. The molecule has 1 aromatic rings. The summed E-state index contributed by atoms with van der Waals surface area (Å²) >= 11 is 3.41. The number of hydrogen-bond donors (Lipinski definition) is 1. The lowest BCUT2D eigenvalue weighted by molar-refractivity contribution is 0.282. The predicted octanol–water partition coefficient (Wildman–Crippen LogP) is 4.26. The molecule has 1 nitrogen and oxygen atoms in total. The zero-order valence-corrected chi connectivity index (χ0v) is 12.0. The molecule has 1 aliphatic rings. The predicted molar refractivity (Wildman–Crippen MR) is 72.4 cm³/mol. The van der Waals surface area contributed by atoms with Gasteiger partial charge in [0.25, 0.3) is 0 Å². The van der Waals surface area contributed by atoms with Gasteiger partial charge in [-0.25, -0.2) is 4.39 Å². The third-order valence-corrected chi connectivity index (χ3v) is 4.55. The molecule has 1 N–H and O–H groups in total. The van der Waals surface area contributed by atoms with E-state index in [1.807, 2.05) is 6.07 Å². The average molecular weight is 300 g/mol. The minimum atomic E-state index is -0.193. The van der Waals surface area contributed by atoms with E-state index < -0.39 is 0 Å². The number of benzene rings is 1. The van der Waals surface area contributed by atoms with E-state index in [0.717, 1.165) is 16.6 Å². The van der Waals surface area contributed by atoms with Crippen molar-refractivity contribution < 1.29 is 4.39 Å². The highest BCUT2D eigenvalue weighted by atomic mass is 79.9. The molecule has 1 aromatic carbocycles. The van der Waals surface area contributed by atoms with E-state index in [2.05, 4.69) is 35.1 Å². The summed E-state index contributed by atoms with van der Waals surface area (Å²) in [5, 5.41) is 3.60. The molecule has 0 amide bonds. The van der Waals surface area contributed by atoms with Crippen LogP contribution in [0.1, 0.15) is 38.7 Å². The minimum absolute atomic E-state index is 0.193. The lowest BCUT2D eigenvalue weighted by Gasteiger charge is -2.28. The summed E-state index contributed by atoms with van der Waals surface area (Å²) < 4.78 is 13.8. The smallest absolute Gasteiger partial charge is 0.124 e. The van der Waals surface area contributed by atoms with Crippen LogP contribution in [0.15, 0.2) is 22.7 Å². The summed E-state index contributed by atoms with van der Waals surface area (Å²) in [4.78, 5) is 0. The summed E-state index contributed by atoms with van der Waals surface area (Å²) in [5.74, 6) is -0.193. The van der Waals surface area contributed by atoms with Gasteiger partial charge in [0.05, 0.1) is 0 Å². The molecule has 0 bridgehead atoms. The van der Waals surface area contributed by atoms with Gasteiger partial charge in [0.15, 0.2) is 0 Å². The molecule has 0 aliphatic heterocycles. The highest BCUT2D eigenvalue weighted by Crippen LogP contribution is 2.37. The van der Waals surface area contributed by atoms with Crippen molar-refractivity contribution >= 4 is 15.9 Å². The first-order valence-electron chi connectivity index (χ1n) is 6.16. The fraction of sp³-hybridized carbons (Fsp3) is 0.571. The molecule has 0 saturated heterocycles. The maximum Gasteiger partial charge on any atom is 0.124 e. The van der Waals surface area contributed by atoms with Crippen LogP contribution < -0.4 is 5.32 Å². The van der Waals surface area contributed by atoms with Crippen LogP contribution in [0.2, 0.25) is 0 Å². The molecule has 0 aromatic heterocycles. The molecule has 94 valence electrons. The monoisotopic (exact) mass is 299 g/mol. The van der Waals surface area contributed by atoms with Gasteiger partial charge in [-0.15, -0.1) is 0 Å². The van der Waals surface area contributed by atoms with Gasteiger partial charge in [-0.2, -0.15) is 0 Å². The Labute approximate surface area is 111 Å². The summed E-state index contributed by atoms with van der Waals surface area (Å²) in [6, 6.07) is 5.45. The van der Waals surface area contributed by atoms with E-state index in [1.165, 1.54) is 31.4 Å². The van der Waals surface area contributed by atoms with Crippen LogP contribution >= 0.6 is 15.9 Å². The Kier molecular flexibility index (Phi) is 3.88. The van der Waals surface area contributed by atoms with Crippen molar-refractivity contribution in [2.45, 2.75) is 45.7 Å². The summed E-state index contributed by atoms with van der Waals surface area (Å²) in [7, 11) is 0. The molecule has 1 saturated carbocycles. The van der Waals surface area contributed by atoms with Crippen molar-refractivity contribution in [2.75, 3.05) is 0 Å². The Hall–Kier alpha value is -0.410. The second kappa shape index (κ2) is 5.07. The summed E-state index contributed by atoms with van der Waals surface area (Å²) in [6.45, 7) is 5.43. The Morgan fingerprint density at radius 1 is 1.47 bits per heavy atom. The Morgan fingerprint density at radius 3 is 2.82 bits per heavy atom. The maximum atomic E-state index is 13.0. The van der Waals surface area contributed by atoms with Crippen LogP contribution in [-0.2, 0) is 6.54 Å². The summed E-state index contributed by atoms with van der Waals surface area (Å²) in [5.41, 5.74) is 1.50. The normalized spacial score (nSPS) is 22.9. The number of nitrogens with one attached hydrogen (secondary N) is 1. The zero-order chi connectivity index (χ0) is 12.5. The quantitative estimate of drug-likeness (QED) is 0.879. The molecule has 0 heterocycles. The van der Waals surface area contributed by atoms with Crippen LogP contribution in [0.3, 0.4) is 0 Å². The Bertz CT molecular complexity index is 403. The molecular formula is C14H19BrFN. The summed E-state index contributed by atoms with van der Waals surface area (Å²) in [6.07, 6.45) is 3.83. The third kappa shape index (κ3) is 3.08. The van der Waals surface area contributed by atoms with Crippen LogP contribution in [-0.4, -0.2) is 6.04 Å². The van der Waals surface area contributed by atoms with E-state index in [1.54, 1.807) is 0 Å². The van der Waals surface area contributed by atoms with Gasteiger partial charge in [-0.3, -0.25) is 0 Å². The minimum Gasteiger partial charge on any atom is -0.309 e. The fourth-order valence-corrected chi connectivity index (χ4v) is 3.09. The first-order valence-corrected chi connectivity index (χ1v) is 6.96. The lowest BCUT2D eigenvalue weighted by Crippen LogP contribution is -2.37. The SMILES string of the molecule is CC1(C)CCCC1NCc1ccc(F)cc1Br.